The van der Waals surface area contributed by atoms with Crippen LogP contribution in [0, 0.1) is 0 Å². The SMILES string of the molecule is Cn1nc(CC(=O)N2CCC(n3c(=O)[nH]c4ccccc43)CC2)c2ccccc2c1=O. The lowest BCUT2D eigenvalue weighted by atomic mass is 10.0. The van der Waals surface area contributed by atoms with Gasteiger partial charge in [-0.15, -0.1) is 0 Å². The summed E-state index contributed by atoms with van der Waals surface area (Å²) in [5.74, 6) is -0.0129. The zero-order valence-electron chi connectivity index (χ0n) is 17.2. The monoisotopic (exact) mass is 417 g/mol. The smallest absolute Gasteiger partial charge is 0.326 e. The second-order valence-electron chi connectivity index (χ2n) is 8.03. The van der Waals surface area contributed by atoms with Gasteiger partial charge in [0.2, 0.25) is 5.91 Å². The lowest BCUT2D eigenvalue weighted by Gasteiger charge is -2.32. The van der Waals surface area contributed by atoms with Gasteiger partial charge in [0.05, 0.1) is 28.5 Å². The molecular formula is C23H23N5O3. The molecule has 158 valence electrons. The molecule has 0 atom stereocenters. The van der Waals surface area contributed by atoms with Gasteiger partial charge in [0.1, 0.15) is 0 Å². The normalized spacial score (nSPS) is 15.1. The minimum atomic E-state index is -0.170. The van der Waals surface area contributed by atoms with Crippen LogP contribution in [0.5, 0.6) is 0 Å². The summed E-state index contributed by atoms with van der Waals surface area (Å²) >= 11 is 0. The van der Waals surface area contributed by atoms with Crippen LogP contribution in [0.25, 0.3) is 21.8 Å². The molecule has 4 aromatic rings. The van der Waals surface area contributed by atoms with E-state index in [1.165, 1.54) is 4.68 Å². The zero-order valence-corrected chi connectivity index (χ0v) is 17.2. The van der Waals surface area contributed by atoms with Gasteiger partial charge in [0, 0.05) is 31.6 Å². The maximum absolute atomic E-state index is 13.0. The molecule has 0 aliphatic carbocycles. The van der Waals surface area contributed by atoms with E-state index in [4.69, 9.17) is 0 Å². The number of aromatic amines is 1. The Morgan fingerprint density at radius 1 is 1.03 bits per heavy atom. The first kappa shape index (κ1) is 19.3. The first-order chi connectivity index (χ1) is 15.0. The lowest BCUT2D eigenvalue weighted by Crippen LogP contribution is -2.41. The van der Waals surface area contributed by atoms with Gasteiger partial charge in [0.15, 0.2) is 0 Å². The van der Waals surface area contributed by atoms with E-state index in [1.54, 1.807) is 13.1 Å². The fraction of sp³-hybridized carbons (Fsp3) is 0.304. The molecule has 1 aliphatic heterocycles. The second-order valence-corrected chi connectivity index (χ2v) is 8.03. The van der Waals surface area contributed by atoms with Crippen LogP contribution in [-0.2, 0) is 18.3 Å². The molecule has 1 aliphatic rings. The predicted molar refractivity (Wildman–Crippen MR) is 118 cm³/mol. The number of benzene rings is 2. The molecular weight excluding hydrogens is 394 g/mol. The molecule has 5 rings (SSSR count). The van der Waals surface area contributed by atoms with Crippen molar-refractivity contribution in [3.05, 3.63) is 75.1 Å². The van der Waals surface area contributed by atoms with Gasteiger partial charge in [-0.25, -0.2) is 9.48 Å². The van der Waals surface area contributed by atoms with Crippen LogP contribution >= 0.6 is 0 Å². The Morgan fingerprint density at radius 2 is 1.71 bits per heavy atom. The number of likely N-dealkylation sites (tertiary alicyclic amines) is 1. The predicted octanol–water partition coefficient (Wildman–Crippen LogP) is 1.98. The number of H-pyrrole nitrogens is 1. The fourth-order valence-corrected chi connectivity index (χ4v) is 4.57. The molecule has 0 radical (unpaired) electrons. The van der Waals surface area contributed by atoms with Gasteiger partial charge in [-0.05, 0) is 31.0 Å². The third-order valence-corrected chi connectivity index (χ3v) is 6.16. The molecule has 1 fully saturated rings. The van der Waals surface area contributed by atoms with Crippen LogP contribution in [0.15, 0.2) is 58.1 Å². The molecule has 31 heavy (non-hydrogen) atoms. The maximum Gasteiger partial charge on any atom is 0.326 e. The first-order valence-corrected chi connectivity index (χ1v) is 10.4. The van der Waals surface area contributed by atoms with Crippen molar-refractivity contribution in [3.63, 3.8) is 0 Å². The van der Waals surface area contributed by atoms with Crippen molar-refractivity contribution in [1.82, 2.24) is 24.2 Å². The summed E-state index contributed by atoms with van der Waals surface area (Å²) in [6.07, 6.45) is 1.58. The number of nitrogens with zero attached hydrogens (tertiary/aromatic N) is 4. The number of hydrogen-bond donors (Lipinski definition) is 1. The number of fused-ring (bicyclic) bond motifs is 2. The van der Waals surface area contributed by atoms with Crippen molar-refractivity contribution < 1.29 is 4.79 Å². The highest BCUT2D eigenvalue weighted by Gasteiger charge is 2.26. The average Bonchev–Trinajstić information content (AvgIpc) is 3.13. The highest BCUT2D eigenvalue weighted by molar-refractivity contribution is 5.88. The van der Waals surface area contributed by atoms with Crippen LogP contribution < -0.4 is 11.2 Å². The summed E-state index contributed by atoms with van der Waals surface area (Å²) < 4.78 is 3.11. The first-order valence-electron chi connectivity index (χ1n) is 10.4. The molecule has 0 bridgehead atoms. The van der Waals surface area contributed by atoms with Gasteiger partial charge < -0.3 is 9.88 Å². The summed E-state index contributed by atoms with van der Waals surface area (Å²) in [5, 5.41) is 5.64. The minimum Gasteiger partial charge on any atom is -0.342 e. The Balaban J connectivity index is 1.34. The Bertz CT molecular complexity index is 1410. The number of nitrogens with one attached hydrogen (secondary N) is 1. The van der Waals surface area contributed by atoms with E-state index in [9.17, 15) is 14.4 Å². The molecule has 1 N–H and O–H groups in total. The average molecular weight is 417 g/mol. The second kappa shape index (κ2) is 7.54. The molecule has 0 unspecified atom stereocenters. The molecule has 3 heterocycles. The quantitative estimate of drug-likeness (QED) is 0.552. The van der Waals surface area contributed by atoms with Crippen LogP contribution in [0.4, 0.5) is 0 Å². The van der Waals surface area contributed by atoms with E-state index in [2.05, 4.69) is 10.1 Å². The molecule has 8 heteroatoms. The van der Waals surface area contributed by atoms with Crippen LogP contribution in [0.1, 0.15) is 24.6 Å². The summed E-state index contributed by atoms with van der Waals surface area (Å²) in [7, 11) is 1.60. The lowest BCUT2D eigenvalue weighted by molar-refractivity contribution is -0.131. The Morgan fingerprint density at radius 3 is 2.48 bits per heavy atom. The highest BCUT2D eigenvalue weighted by Crippen LogP contribution is 2.25. The molecule has 2 aromatic carbocycles. The number of piperidine rings is 1. The number of rotatable bonds is 3. The number of hydrogen-bond acceptors (Lipinski definition) is 4. The van der Waals surface area contributed by atoms with Crippen molar-refractivity contribution in [2.24, 2.45) is 7.05 Å². The van der Waals surface area contributed by atoms with Gasteiger partial charge in [-0.1, -0.05) is 30.3 Å². The molecule has 8 nitrogen and oxygen atoms in total. The largest absolute Gasteiger partial charge is 0.342 e. The van der Waals surface area contributed by atoms with Crippen LogP contribution in [0.2, 0.25) is 0 Å². The third kappa shape index (κ3) is 3.34. The number of aryl methyl sites for hydroxylation is 1. The van der Waals surface area contributed by atoms with E-state index < -0.39 is 0 Å². The van der Waals surface area contributed by atoms with E-state index in [-0.39, 0.29) is 29.6 Å². The Hall–Kier alpha value is -3.68. The summed E-state index contributed by atoms with van der Waals surface area (Å²) in [5.41, 5.74) is 2.07. The number of imidazole rings is 1. The molecule has 0 spiro atoms. The van der Waals surface area contributed by atoms with E-state index in [0.29, 0.717) is 24.2 Å². The standard InChI is InChI=1S/C23H23N5O3/c1-26-22(30)17-7-3-2-6-16(17)19(25-26)14-21(29)27-12-10-15(11-13-27)28-20-9-5-4-8-18(20)24-23(28)31/h2-9,15H,10-14H2,1H3,(H,24,31). The number of amides is 1. The molecule has 1 amide bonds. The van der Waals surface area contributed by atoms with Gasteiger partial charge >= 0.3 is 5.69 Å². The van der Waals surface area contributed by atoms with E-state index in [0.717, 1.165) is 29.3 Å². The number of carbonyl (C=O) groups is 1. The van der Waals surface area contributed by atoms with Crippen molar-refractivity contribution in [1.29, 1.82) is 0 Å². The third-order valence-electron chi connectivity index (χ3n) is 6.16. The minimum absolute atomic E-state index is 0.0129. The molecule has 2 aromatic heterocycles. The maximum atomic E-state index is 13.0. The van der Waals surface area contributed by atoms with Gasteiger partial charge in [-0.2, -0.15) is 5.10 Å². The van der Waals surface area contributed by atoms with Crippen molar-refractivity contribution >= 4 is 27.7 Å². The summed E-state index contributed by atoms with van der Waals surface area (Å²) in [4.78, 5) is 42.5. The summed E-state index contributed by atoms with van der Waals surface area (Å²) in [6.45, 7) is 1.16. The summed E-state index contributed by atoms with van der Waals surface area (Å²) in [6, 6.07) is 15.0. The molecule has 1 saturated heterocycles. The van der Waals surface area contributed by atoms with E-state index >= 15 is 0 Å². The fourth-order valence-electron chi connectivity index (χ4n) is 4.57. The zero-order chi connectivity index (χ0) is 21.5. The number of aromatic nitrogens is 4. The Labute approximate surface area is 177 Å². The van der Waals surface area contributed by atoms with Crippen LogP contribution in [0.3, 0.4) is 0 Å². The van der Waals surface area contributed by atoms with Gasteiger partial charge in [0.25, 0.3) is 5.56 Å². The topological polar surface area (TPSA) is 93.0 Å². The van der Waals surface area contributed by atoms with E-state index in [1.807, 2.05) is 51.9 Å². The van der Waals surface area contributed by atoms with Gasteiger partial charge in [-0.3, -0.25) is 14.2 Å². The van der Waals surface area contributed by atoms with Crippen molar-refractivity contribution in [2.75, 3.05) is 13.1 Å². The Kier molecular flexibility index (Phi) is 4.69. The van der Waals surface area contributed by atoms with Crippen molar-refractivity contribution in [3.8, 4) is 0 Å². The van der Waals surface area contributed by atoms with Crippen LogP contribution in [-0.4, -0.2) is 43.2 Å². The number of para-hydroxylation sites is 2. The van der Waals surface area contributed by atoms with Crippen molar-refractivity contribution in [2.45, 2.75) is 25.3 Å². The number of carbonyl (C=O) groups excluding carboxylic acids is 1. The highest BCUT2D eigenvalue weighted by atomic mass is 16.2. The molecule has 0 saturated carbocycles.